The summed E-state index contributed by atoms with van der Waals surface area (Å²) >= 11 is 2.71. The lowest BCUT2D eigenvalue weighted by molar-refractivity contribution is -0.114. The molecule has 0 fully saturated rings. The van der Waals surface area contributed by atoms with E-state index in [4.69, 9.17) is 4.74 Å². The molecule has 0 saturated carbocycles. The van der Waals surface area contributed by atoms with Crippen LogP contribution in [0.1, 0.15) is 15.9 Å². The molecule has 0 aliphatic rings. The molecule has 0 aliphatic heterocycles. The number of thioether (sulfide) groups is 1. The van der Waals surface area contributed by atoms with Crippen molar-refractivity contribution in [1.82, 2.24) is 15.3 Å². The molecular weight excluding hydrogens is 595 g/mol. The Balaban J connectivity index is 1.17. The third-order valence-corrected chi connectivity index (χ3v) is 7.89. The Hall–Kier alpha value is -5.26. The number of carbonyl (C=O) groups is 3. The zero-order valence-corrected chi connectivity index (χ0v) is 25.2. The lowest BCUT2D eigenvalue weighted by Crippen LogP contribution is -2.30. The van der Waals surface area contributed by atoms with Crippen molar-refractivity contribution in [3.05, 3.63) is 126 Å². The summed E-state index contributed by atoms with van der Waals surface area (Å²) in [6.45, 7) is 0. The van der Waals surface area contributed by atoms with Gasteiger partial charge in [-0.3, -0.25) is 19.4 Å². The van der Waals surface area contributed by atoms with Crippen LogP contribution in [0.2, 0.25) is 0 Å². The van der Waals surface area contributed by atoms with Gasteiger partial charge in [0.15, 0.2) is 5.13 Å². The van der Waals surface area contributed by atoms with E-state index in [1.807, 2.05) is 47.8 Å². The van der Waals surface area contributed by atoms with Crippen molar-refractivity contribution >= 4 is 57.7 Å². The Bertz CT molecular complexity index is 1780. The number of thiazole rings is 1. The van der Waals surface area contributed by atoms with Crippen LogP contribution >= 0.6 is 23.1 Å². The van der Waals surface area contributed by atoms with E-state index >= 15 is 0 Å². The summed E-state index contributed by atoms with van der Waals surface area (Å²) in [5, 5.41) is 10.8. The molecule has 0 bridgehead atoms. The molecule has 220 valence electrons. The number of carbonyl (C=O) groups excluding carboxylic acids is 3. The Morgan fingerprint density at radius 1 is 0.932 bits per heavy atom. The fourth-order valence-corrected chi connectivity index (χ4v) is 5.39. The van der Waals surface area contributed by atoms with Crippen LogP contribution in [-0.2, 0) is 9.59 Å². The number of hydrogen-bond donors (Lipinski definition) is 3. The molecule has 0 saturated heterocycles. The topological polar surface area (TPSA) is 122 Å². The van der Waals surface area contributed by atoms with Crippen molar-refractivity contribution in [2.75, 3.05) is 23.5 Å². The second kappa shape index (κ2) is 14.8. The molecule has 5 aromatic rings. The molecule has 44 heavy (non-hydrogen) atoms. The normalized spacial score (nSPS) is 11.0. The number of benzene rings is 3. The summed E-state index contributed by atoms with van der Waals surface area (Å²) < 4.78 is 5.27. The van der Waals surface area contributed by atoms with Crippen LogP contribution in [0.25, 0.3) is 17.3 Å². The summed E-state index contributed by atoms with van der Waals surface area (Å²) in [5.74, 6) is -0.161. The summed E-state index contributed by atoms with van der Waals surface area (Å²) in [6, 6.07) is 26.8. The van der Waals surface area contributed by atoms with E-state index in [1.165, 1.54) is 23.1 Å². The molecular formula is C33H27N5O4S2. The number of nitrogens with zero attached hydrogens (tertiary/aromatic N) is 2. The van der Waals surface area contributed by atoms with E-state index in [0.717, 1.165) is 21.9 Å². The molecule has 3 amide bonds. The minimum absolute atomic E-state index is 0.0683. The van der Waals surface area contributed by atoms with Gasteiger partial charge in [0.05, 0.1) is 18.6 Å². The Morgan fingerprint density at radius 3 is 2.50 bits per heavy atom. The smallest absolute Gasteiger partial charge is 0.272 e. The second-order valence-corrected chi connectivity index (χ2v) is 11.2. The van der Waals surface area contributed by atoms with Gasteiger partial charge in [0.2, 0.25) is 5.91 Å². The first-order valence-corrected chi connectivity index (χ1v) is 15.3. The first kappa shape index (κ1) is 30.2. The summed E-state index contributed by atoms with van der Waals surface area (Å²) in [4.78, 5) is 48.0. The highest BCUT2D eigenvalue weighted by molar-refractivity contribution is 8.00. The van der Waals surface area contributed by atoms with Crippen molar-refractivity contribution in [2.45, 2.75) is 4.90 Å². The SMILES string of the molecule is COc1cccc(-c2csc(NC(=O)CSc3ccc(NC(=O)/C(=C/c4cccnc4)NC(=O)c4ccccc4)cc3)n2)c1. The number of ether oxygens (including phenoxy) is 1. The van der Waals surface area contributed by atoms with Crippen LogP contribution in [0, 0.1) is 0 Å². The van der Waals surface area contributed by atoms with Crippen molar-refractivity contribution in [3.8, 4) is 17.0 Å². The van der Waals surface area contributed by atoms with E-state index < -0.39 is 11.8 Å². The fraction of sp³-hybridized carbons (Fsp3) is 0.0606. The molecule has 0 radical (unpaired) electrons. The highest BCUT2D eigenvalue weighted by Crippen LogP contribution is 2.28. The predicted molar refractivity (Wildman–Crippen MR) is 175 cm³/mol. The summed E-state index contributed by atoms with van der Waals surface area (Å²) in [6.07, 6.45) is 4.79. The number of rotatable bonds is 11. The van der Waals surface area contributed by atoms with Gasteiger partial charge in [0.1, 0.15) is 11.4 Å². The summed E-state index contributed by atoms with van der Waals surface area (Å²) in [7, 11) is 1.61. The largest absolute Gasteiger partial charge is 0.497 e. The molecule has 0 unspecified atom stereocenters. The highest BCUT2D eigenvalue weighted by Gasteiger charge is 2.15. The fourth-order valence-electron chi connectivity index (χ4n) is 3.95. The molecule has 0 atom stereocenters. The average Bonchev–Trinajstić information content (AvgIpc) is 3.53. The molecule has 3 aromatic carbocycles. The summed E-state index contributed by atoms with van der Waals surface area (Å²) in [5.41, 5.74) is 3.34. The number of anilines is 2. The maximum absolute atomic E-state index is 13.2. The van der Waals surface area contributed by atoms with Gasteiger partial charge in [0.25, 0.3) is 11.8 Å². The third kappa shape index (κ3) is 8.40. The van der Waals surface area contributed by atoms with Gasteiger partial charge >= 0.3 is 0 Å². The lowest BCUT2D eigenvalue weighted by Gasteiger charge is -2.12. The predicted octanol–water partition coefficient (Wildman–Crippen LogP) is 6.35. The molecule has 5 rings (SSSR count). The minimum atomic E-state index is -0.491. The third-order valence-electron chi connectivity index (χ3n) is 6.12. The zero-order valence-electron chi connectivity index (χ0n) is 23.5. The van der Waals surface area contributed by atoms with E-state index in [-0.39, 0.29) is 17.4 Å². The van der Waals surface area contributed by atoms with Gasteiger partial charge in [0, 0.05) is 39.5 Å². The number of methoxy groups -OCH3 is 1. The maximum atomic E-state index is 13.2. The lowest BCUT2D eigenvalue weighted by atomic mass is 10.2. The van der Waals surface area contributed by atoms with Crippen LogP contribution < -0.4 is 20.7 Å². The minimum Gasteiger partial charge on any atom is -0.497 e. The standard InChI is InChI=1S/C33H27N5O4S2/c1-42-26-11-5-10-24(18-26)29-20-44-33(37-29)38-30(39)21-43-27-14-12-25(13-15-27)35-32(41)28(17-22-7-6-16-34-19-22)36-31(40)23-8-3-2-4-9-23/h2-20H,21H2,1H3,(H,35,41)(H,36,40)(H,37,38,39)/b28-17-. The zero-order chi connectivity index (χ0) is 30.7. The van der Waals surface area contributed by atoms with Gasteiger partial charge in [-0.05, 0) is 66.2 Å². The molecule has 11 heteroatoms. The van der Waals surface area contributed by atoms with Gasteiger partial charge in [-0.15, -0.1) is 23.1 Å². The van der Waals surface area contributed by atoms with Gasteiger partial charge in [-0.25, -0.2) is 4.98 Å². The number of aromatic nitrogens is 2. The van der Waals surface area contributed by atoms with Crippen LogP contribution in [0.3, 0.4) is 0 Å². The van der Waals surface area contributed by atoms with Crippen molar-refractivity contribution in [3.63, 3.8) is 0 Å². The van der Waals surface area contributed by atoms with Crippen molar-refractivity contribution in [2.24, 2.45) is 0 Å². The van der Waals surface area contributed by atoms with Crippen LogP contribution in [0.5, 0.6) is 5.75 Å². The Kier molecular flexibility index (Phi) is 10.1. The van der Waals surface area contributed by atoms with Gasteiger partial charge < -0.3 is 20.7 Å². The highest BCUT2D eigenvalue weighted by atomic mass is 32.2. The van der Waals surface area contributed by atoms with Crippen LogP contribution in [0.15, 0.2) is 119 Å². The van der Waals surface area contributed by atoms with Crippen LogP contribution in [-0.4, -0.2) is 40.6 Å². The molecule has 0 aliphatic carbocycles. The molecule has 0 spiro atoms. The van der Waals surface area contributed by atoms with Gasteiger partial charge in [-0.2, -0.15) is 0 Å². The molecule has 3 N–H and O–H groups in total. The molecule has 2 aromatic heterocycles. The Morgan fingerprint density at radius 2 is 1.75 bits per heavy atom. The molecule has 2 heterocycles. The first-order chi connectivity index (χ1) is 21.5. The van der Waals surface area contributed by atoms with E-state index in [2.05, 4.69) is 25.9 Å². The van der Waals surface area contributed by atoms with E-state index in [0.29, 0.717) is 21.9 Å². The average molecular weight is 622 g/mol. The number of nitrogens with one attached hydrogen (secondary N) is 3. The Labute approximate surface area is 262 Å². The monoisotopic (exact) mass is 621 g/mol. The van der Waals surface area contributed by atoms with E-state index in [9.17, 15) is 14.4 Å². The quantitative estimate of drug-likeness (QED) is 0.116. The maximum Gasteiger partial charge on any atom is 0.272 e. The first-order valence-electron chi connectivity index (χ1n) is 13.4. The molecule has 9 nitrogen and oxygen atoms in total. The number of amides is 3. The van der Waals surface area contributed by atoms with Gasteiger partial charge in [-0.1, -0.05) is 36.4 Å². The second-order valence-electron chi connectivity index (χ2n) is 9.25. The van der Waals surface area contributed by atoms with E-state index in [1.54, 1.807) is 74.1 Å². The van der Waals surface area contributed by atoms with Crippen molar-refractivity contribution < 1.29 is 19.1 Å². The number of pyridine rings is 1. The number of hydrogen-bond acceptors (Lipinski definition) is 8. The van der Waals surface area contributed by atoms with Crippen LogP contribution in [0.4, 0.5) is 10.8 Å². The van der Waals surface area contributed by atoms with Crippen molar-refractivity contribution in [1.29, 1.82) is 0 Å².